The van der Waals surface area contributed by atoms with Gasteiger partial charge in [0, 0.05) is 32.7 Å². The lowest BCUT2D eigenvalue weighted by Crippen LogP contribution is -2.50. The van der Waals surface area contributed by atoms with Crippen molar-refractivity contribution in [3.63, 3.8) is 0 Å². The minimum atomic E-state index is -3.58. The first-order valence-electron chi connectivity index (χ1n) is 9.49. The molecule has 1 saturated heterocycles. The quantitative estimate of drug-likeness (QED) is 0.769. The average Bonchev–Trinajstić information content (AvgIpc) is 3.17. The molecular weight excluding hydrogens is 380 g/mol. The van der Waals surface area contributed by atoms with Crippen molar-refractivity contribution in [3.8, 4) is 5.75 Å². The van der Waals surface area contributed by atoms with Crippen molar-refractivity contribution in [2.75, 3.05) is 33.3 Å². The van der Waals surface area contributed by atoms with E-state index in [9.17, 15) is 13.2 Å². The Balaban J connectivity index is 1.44. The molecule has 1 amide bonds. The second kappa shape index (κ2) is 7.56. The highest BCUT2D eigenvalue weighted by molar-refractivity contribution is 7.89. The third-order valence-corrected chi connectivity index (χ3v) is 7.35. The second-order valence-electron chi connectivity index (χ2n) is 7.06. The number of ether oxygens (including phenoxy) is 1. The number of carbonyl (C=O) groups is 1. The first-order chi connectivity index (χ1) is 13.5. The van der Waals surface area contributed by atoms with Crippen LogP contribution in [-0.2, 0) is 23.0 Å². The number of benzene rings is 1. The summed E-state index contributed by atoms with van der Waals surface area (Å²) in [5.74, 6) is 0.559. The summed E-state index contributed by atoms with van der Waals surface area (Å²) in [6, 6.07) is 6.36. The monoisotopic (exact) mass is 404 g/mol. The van der Waals surface area contributed by atoms with Gasteiger partial charge in [0.2, 0.25) is 10.0 Å². The van der Waals surface area contributed by atoms with Crippen LogP contribution in [0.25, 0.3) is 0 Å². The number of carbonyl (C=O) groups excluding carboxylic acids is 1. The van der Waals surface area contributed by atoms with Gasteiger partial charge in [0.25, 0.3) is 5.91 Å². The highest BCUT2D eigenvalue weighted by Crippen LogP contribution is 2.23. The summed E-state index contributed by atoms with van der Waals surface area (Å²) in [5.41, 5.74) is 1.66. The van der Waals surface area contributed by atoms with E-state index in [0.717, 1.165) is 31.5 Å². The molecule has 3 heterocycles. The van der Waals surface area contributed by atoms with Crippen LogP contribution in [0.3, 0.4) is 0 Å². The summed E-state index contributed by atoms with van der Waals surface area (Å²) in [7, 11) is -2.04. The molecular formula is C19H24N4O4S. The van der Waals surface area contributed by atoms with E-state index >= 15 is 0 Å². The van der Waals surface area contributed by atoms with Gasteiger partial charge in [-0.3, -0.25) is 9.48 Å². The Morgan fingerprint density at radius 2 is 1.75 bits per heavy atom. The number of aryl methyl sites for hydroxylation is 1. The number of hydrogen-bond donors (Lipinski definition) is 0. The van der Waals surface area contributed by atoms with Gasteiger partial charge < -0.3 is 9.64 Å². The fourth-order valence-corrected chi connectivity index (χ4v) is 5.22. The lowest BCUT2D eigenvalue weighted by molar-refractivity contribution is 0.0696. The SMILES string of the molecule is COc1ccc(S(=O)(=O)N2CCN(C(=O)c3cnn4c3CCCC4)CC2)cc1. The Kier molecular flexibility index (Phi) is 5.11. The van der Waals surface area contributed by atoms with Crippen molar-refractivity contribution < 1.29 is 17.9 Å². The van der Waals surface area contributed by atoms with E-state index in [4.69, 9.17) is 4.74 Å². The average molecular weight is 404 g/mol. The van der Waals surface area contributed by atoms with Gasteiger partial charge in [-0.1, -0.05) is 0 Å². The summed E-state index contributed by atoms with van der Waals surface area (Å²) in [4.78, 5) is 14.9. The number of rotatable bonds is 4. The molecule has 0 saturated carbocycles. The van der Waals surface area contributed by atoms with Crippen LogP contribution in [0, 0.1) is 0 Å². The van der Waals surface area contributed by atoms with E-state index in [1.54, 1.807) is 35.4 Å². The van der Waals surface area contributed by atoms with Crippen LogP contribution in [0.2, 0.25) is 0 Å². The number of nitrogens with zero attached hydrogens (tertiary/aromatic N) is 4. The summed E-state index contributed by atoms with van der Waals surface area (Å²) < 4.78 is 34.1. The molecule has 2 aliphatic rings. The molecule has 1 aromatic heterocycles. The van der Waals surface area contributed by atoms with Gasteiger partial charge in [0.15, 0.2) is 0 Å². The topological polar surface area (TPSA) is 84.7 Å². The summed E-state index contributed by atoms with van der Waals surface area (Å²) in [6.07, 6.45) is 4.68. The standard InChI is InChI=1S/C19H24N4O4S/c1-27-15-5-7-16(8-6-15)28(25,26)22-12-10-21(11-13-22)19(24)17-14-20-23-9-3-2-4-18(17)23/h5-8,14H,2-4,9-13H2,1H3. The molecule has 1 fully saturated rings. The fraction of sp³-hybridized carbons (Fsp3) is 0.474. The molecule has 2 aromatic rings. The molecule has 4 rings (SSSR count). The third-order valence-electron chi connectivity index (χ3n) is 5.44. The lowest BCUT2D eigenvalue weighted by Gasteiger charge is -2.34. The zero-order valence-electron chi connectivity index (χ0n) is 15.9. The van der Waals surface area contributed by atoms with Gasteiger partial charge in [-0.2, -0.15) is 9.40 Å². The van der Waals surface area contributed by atoms with Gasteiger partial charge in [0.1, 0.15) is 5.75 Å². The molecule has 0 bridgehead atoms. The maximum Gasteiger partial charge on any atom is 0.257 e. The van der Waals surface area contributed by atoms with Crippen LogP contribution in [0.4, 0.5) is 0 Å². The molecule has 0 aliphatic carbocycles. The van der Waals surface area contributed by atoms with Crippen molar-refractivity contribution in [1.82, 2.24) is 19.0 Å². The molecule has 150 valence electrons. The summed E-state index contributed by atoms with van der Waals surface area (Å²) in [5, 5.41) is 4.33. The van der Waals surface area contributed by atoms with Crippen LogP contribution in [0.5, 0.6) is 5.75 Å². The fourth-order valence-electron chi connectivity index (χ4n) is 3.80. The van der Waals surface area contributed by atoms with Crippen LogP contribution in [0.15, 0.2) is 35.4 Å². The first kappa shape index (κ1) is 18.9. The van der Waals surface area contributed by atoms with E-state index < -0.39 is 10.0 Å². The number of hydrogen-bond acceptors (Lipinski definition) is 5. The molecule has 0 atom stereocenters. The van der Waals surface area contributed by atoms with Crippen molar-refractivity contribution in [1.29, 1.82) is 0 Å². The molecule has 0 radical (unpaired) electrons. The van der Waals surface area contributed by atoms with E-state index in [1.165, 1.54) is 11.4 Å². The Morgan fingerprint density at radius 3 is 2.43 bits per heavy atom. The molecule has 0 unspecified atom stereocenters. The van der Waals surface area contributed by atoms with Crippen molar-refractivity contribution in [2.24, 2.45) is 0 Å². The molecule has 9 heteroatoms. The molecule has 28 heavy (non-hydrogen) atoms. The zero-order chi connectivity index (χ0) is 19.7. The van der Waals surface area contributed by atoms with E-state index in [2.05, 4.69) is 5.10 Å². The Morgan fingerprint density at radius 1 is 1.04 bits per heavy atom. The predicted molar refractivity (Wildman–Crippen MR) is 103 cm³/mol. The summed E-state index contributed by atoms with van der Waals surface area (Å²) >= 11 is 0. The van der Waals surface area contributed by atoms with Crippen LogP contribution >= 0.6 is 0 Å². The highest BCUT2D eigenvalue weighted by Gasteiger charge is 2.32. The second-order valence-corrected chi connectivity index (χ2v) is 8.99. The van der Waals surface area contributed by atoms with Crippen molar-refractivity contribution in [2.45, 2.75) is 30.7 Å². The first-order valence-corrected chi connectivity index (χ1v) is 10.9. The van der Waals surface area contributed by atoms with E-state index in [-0.39, 0.29) is 23.9 Å². The molecule has 1 aromatic carbocycles. The Labute approximate surface area is 164 Å². The number of methoxy groups -OCH3 is 1. The van der Waals surface area contributed by atoms with E-state index in [0.29, 0.717) is 24.4 Å². The molecule has 0 N–H and O–H groups in total. The minimum Gasteiger partial charge on any atom is -0.497 e. The number of sulfonamides is 1. The van der Waals surface area contributed by atoms with Crippen LogP contribution in [-0.4, -0.2) is 66.6 Å². The molecule has 8 nitrogen and oxygen atoms in total. The van der Waals surface area contributed by atoms with E-state index in [1.807, 2.05) is 4.68 Å². The number of amides is 1. The maximum absolute atomic E-state index is 12.9. The maximum atomic E-state index is 12.9. The highest BCUT2D eigenvalue weighted by atomic mass is 32.2. The number of fused-ring (bicyclic) bond motifs is 1. The normalized spacial score (nSPS) is 18.0. The Bertz CT molecular complexity index is 960. The predicted octanol–water partition coefficient (Wildman–Crippen LogP) is 1.37. The number of piperazine rings is 1. The van der Waals surface area contributed by atoms with Gasteiger partial charge in [-0.25, -0.2) is 8.42 Å². The smallest absolute Gasteiger partial charge is 0.257 e. The van der Waals surface area contributed by atoms with Gasteiger partial charge in [-0.05, 0) is 43.5 Å². The van der Waals surface area contributed by atoms with Gasteiger partial charge in [-0.15, -0.1) is 0 Å². The van der Waals surface area contributed by atoms with Gasteiger partial charge >= 0.3 is 0 Å². The van der Waals surface area contributed by atoms with Crippen LogP contribution < -0.4 is 4.74 Å². The third kappa shape index (κ3) is 3.40. The van der Waals surface area contributed by atoms with Crippen molar-refractivity contribution >= 4 is 15.9 Å². The molecule has 0 spiro atoms. The number of aromatic nitrogens is 2. The van der Waals surface area contributed by atoms with Gasteiger partial charge in [0.05, 0.1) is 29.5 Å². The Hall–Kier alpha value is -2.39. The van der Waals surface area contributed by atoms with Crippen LogP contribution in [0.1, 0.15) is 28.9 Å². The minimum absolute atomic E-state index is 0.0513. The molecule has 2 aliphatic heterocycles. The largest absolute Gasteiger partial charge is 0.497 e. The lowest BCUT2D eigenvalue weighted by atomic mass is 10.1. The zero-order valence-corrected chi connectivity index (χ0v) is 16.7. The van der Waals surface area contributed by atoms with Crippen molar-refractivity contribution in [3.05, 3.63) is 41.7 Å². The summed E-state index contributed by atoms with van der Waals surface area (Å²) in [6.45, 7) is 2.17.